The maximum atomic E-state index is 14.0. The minimum atomic E-state index is -3.89. The molecular weight excluding hydrogens is 305 g/mol. The number of hydrogen-bond donors (Lipinski definition) is 0. The quantitative estimate of drug-likeness (QED) is 0.725. The molecule has 0 saturated carbocycles. The molecule has 1 rings (SSSR count). The number of methoxy groups -OCH3 is 1. The molecule has 114 valence electrons. The number of benzene rings is 1. The van der Waals surface area contributed by atoms with Gasteiger partial charge in [-0.1, -0.05) is 6.07 Å². The van der Waals surface area contributed by atoms with Crippen molar-refractivity contribution < 1.29 is 17.5 Å². The van der Waals surface area contributed by atoms with Gasteiger partial charge in [-0.15, -0.1) is 11.6 Å². The van der Waals surface area contributed by atoms with Crippen LogP contribution in [0, 0.1) is 5.82 Å². The van der Waals surface area contributed by atoms with E-state index in [1.807, 2.05) is 0 Å². The summed E-state index contributed by atoms with van der Waals surface area (Å²) < 4.78 is 45.1. The zero-order valence-electron chi connectivity index (χ0n) is 11.8. The Labute approximate surface area is 124 Å². The van der Waals surface area contributed by atoms with Crippen molar-refractivity contribution in [2.75, 3.05) is 20.3 Å². The van der Waals surface area contributed by atoms with E-state index in [0.717, 1.165) is 6.07 Å². The molecule has 0 heterocycles. The van der Waals surface area contributed by atoms with Crippen LogP contribution in [0.2, 0.25) is 0 Å². The molecule has 0 aliphatic rings. The van der Waals surface area contributed by atoms with Crippen molar-refractivity contribution >= 4 is 21.6 Å². The Hall–Kier alpha value is -0.690. The van der Waals surface area contributed by atoms with Gasteiger partial charge in [0.25, 0.3) is 0 Å². The van der Waals surface area contributed by atoms with Crippen molar-refractivity contribution in [3.63, 3.8) is 0 Å². The SMILES string of the molecule is COCCN(C(C)C)S(=O)(=O)c1ccc(CCl)cc1F. The number of nitrogens with zero attached hydrogens (tertiary/aromatic N) is 1. The largest absolute Gasteiger partial charge is 0.383 e. The normalized spacial score (nSPS) is 12.3. The van der Waals surface area contributed by atoms with Gasteiger partial charge in [-0.2, -0.15) is 4.31 Å². The highest BCUT2D eigenvalue weighted by Gasteiger charge is 2.29. The fraction of sp³-hybridized carbons (Fsp3) is 0.538. The highest BCUT2D eigenvalue weighted by atomic mass is 35.5. The van der Waals surface area contributed by atoms with Crippen LogP contribution in [0.4, 0.5) is 4.39 Å². The summed E-state index contributed by atoms with van der Waals surface area (Å²) in [6.45, 7) is 3.89. The molecule has 1 aromatic rings. The molecule has 20 heavy (non-hydrogen) atoms. The van der Waals surface area contributed by atoms with E-state index < -0.39 is 15.8 Å². The summed E-state index contributed by atoms with van der Waals surface area (Å²) in [6.07, 6.45) is 0. The number of ether oxygens (including phenoxy) is 1. The topological polar surface area (TPSA) is 46.6 Å². The van der Waals surface area contributed by atoms with Crippen LogP contribution >= 0.6 is 11.6 Å². The smallest absolute Gasteiger partial charge is 0.246 e. The fourth-order valence-electron chi connectivity index (χ4n) is 1.80. The molecule has 0 aliphatic carbocycles. The third-order valence-corrected chi connectivity index (χ3v) is 5.25. The lowest BCUT2D eigenvalue weighted by Crippen LogP contribution is -2.39. The minimum absolute atomic E-state index is 0.134. The molecule has 0 amide bonds. The first-order valence-corrected chi connectivity index (χ1v) is 8.17. The Morgan fingerprint density at radius 2 is 2.05 bits per heavy atom. The summed E-state index contributed by atoms with van der Waals surface area (Å²) >= 11 is 5.60. The summed E-state index contributed by atoms with van der Waals surface area (Å²) in [5.41, 5.74) is 0.538. The first-order chi connectivity index (χ1) is 9.34. The van der Waals surface area contributed by atoms with E-state index in [-0.39, 0.29) is 30.0 Å². The third-order valence-electron chi connectivity index (χ3n) is 2.83. The lowest BCUT2D eigenvalue weighted by Gasteiger charge is -2.25. The van der Waals surface area contributed by atoms with Crippen LogP contribution in [0.15, 0.2) is 23.1 Å². The van der Waals surface area contributed by atoms with E-state index in [1.54, 1.807) is 13.8 Å². The summed E-state index contributed by atoms with van der Waals surface area (Å²) in [6, 6.07) is 3.62. The van der Waals surface area contributed by atoms with Crippen LogP contribution in [0.25, 0.3) is 0 Å². The average Bonchev–Trinajstić information content (AvgIpc) is 2.37. The zero-order chi connectivity index (χ0) is 15.3. The van der Waals surface area contributed by atoms with Gasteiger partial charge in [-0.25, -0.2) is 12.8 Å². The van der Waals surface area contributed by atoms with Crippen LogP contribution in [0.5, 0.6) is 0 Å². The summed E-state index contributed by atoms with van der Waals surface area (Å²) in [4.78, 5) is -0.337. The molecule has 0 spiro atoms. The highest BCUT2D eigenvalue weighted by Crippen LogP contribution is 2.22. The second-order valence-electron chi connectivity index (χ2n) is 4.60. The molecular formula is C13H19ClFNO3S. The van der Waals surface area contributed by atoms with Gasteiger partial charge < -0.3 is 4.74 Å². The van der Waals surface area contributed by atoms with E-state index in [2.05, 4.69) is 0 Å². The van der Waals surface area contributed by atoms with Crippen molar-refractivity contribution in [1.82, 2.24) is 4.31 Å². The van der Waals surface area contributed by atoms with E-state index in [9.17, 15) is 12.8 Å². The van der Waals surface area contributed by atoms with Gasteiger partial charge in [0.2, 0.25) is 10.0 Å². The van der Waals surface area contributed by atoms with Crippen molar-refractivity contribution in [2.24, 2.45) is 0 Å². The molecule has 0 N–H and O–H groups in total. The number of sulfonamides is 1. The van der Waals surface area contributed by atoms with Crippen LogP contribution in [0.1, 0.15) is 19.4 Å². The van der Waals surface area contributed by atoms with E-state index in [1.165, 1.54) is 23.5 Å². The predicted octanol–water partition coefficient (Wildman–Crippen LogP) is 2.61. The highest BCUT2D eigenvalue weighted by molar-refractivity contribution is 7.89. The number of rotatable bonds is 7. The molecule has 0 unspecified atom stereocenters. The van der Waals surface area contributed by atoms with Crippen LogP contribution in [-0.4, -0.2) is 39.0 Å². The summed E-state index contributed by atoms with van der Waals surface area (Å²) in [5.74, 6) is -0.652. The summed E-state index contributed by atoms with van der Waals surface area (Å²) in [5, 5.41) is 0. The lowest BCUT2D eigenvalue weighted by molar-refractivity contribution is 0.170. The monoisotopic (exact) mass is 323 g/mol. The average molecular weight is 324 g/mol. The van der Waals surface area contributed by atoms with Crippen LogP contribution in [0.3, 0.4) is 0 Å². The number of hydrogen-bond acceptors (Lipinski definition) is 3. The zero-order valence-corrected chi connectivity index (χ0v) is 13.3. The first-order valence-electron chi connectivity index (χ1n) is 6.19. The first kappa shape index (κ1) is 17.4. The van der Waals surface area contributed by atoms with Crippen molar-refractivity contribution in [3.8, 4) is 0 Å². The molecule has 4 nitrogen and oxygen atoms in total. The van der Waals surface area contributed by atoms with Gasteiger partial charge in [0.15, 0.2) is 0 Å². The molecule has 0 atom stereocenters. The molecule has 0 saturated heterocycles. The number of alkyl halides is 1. The van der Waals surface area contributed by atoms with Crippen molar-refractivity contribution in [3.05, 3.63) is 29.6 Å². The van der Waals surface area contributed by atoms with Gasteiger partial charge in [0.05, 0.1) is 6.61 Å². The Morgan fingerprint density at radius 3 is 2.50 bits per heavy atom. The van der Waals surface area contributed by atoms with Crippen molar-refractivity contribution in [1.29, 1.82) is 0 Å². The van der Waals surface area contributed by atoms with Crippen LogP contribution < -0.4 is 0 Å². The Morgan fingerprint density at radius 1 is 1.40 bits per heavy atom. The minimum Gasteiger partial charge on any atom is -0.383 e. The lowest BCUT2D eigenvalue weighted by atomic mass is 10.2. The fourth-order valence-corrected chi connectivity index (χ4v) is 3.63. The van der Waals surface area contributed by atoms with Crippen molar-refractivity contribution in [2.45, 2.75) is 30.7 Å². The molecule has 0 aromatic heterocycles. The second kappa shape index (κ2) is 7.36. The van der Waals surface area contributed by atoms with Crippen LogP contribution in [-0.2, 0) is 20.6 Å². The Balaban J connectivity index is 3.19. The molecule has 0 aliphatic heterocycles. The van der Waals surface area contributed by atoms with E-state index >= 15 is 0 Å². The predicted molar refractivity (Wildman–Crippen MR) is 76.9 cm³/mol. The maximum absolute atomic E-state index is 14.0. The molecule has 0 fully saturated rings. The molecule has 7 heteroatoms. The number of halogens is 2. The summed E-state index contributed by atoms with van der Waals surface area (Å²) in [7, 11) is -2.41. The van der Waals surface area contributed by atoms with Gasteiger partial charge in [0.1, 0.15) is 10.7 Å². The van der Waals surface area contributed by atoms with E-state index in [4.69, 9.17) is 16.3 Å². The Bertz CT molecular complexity index is 549. The second-order valence-corrected chi connectivity index (χ2v) is 6.73. The maximum Gasteiger partial charge on any atom is 0.246 e. The van der Waals surface area contributed by atoms with Gasteiger partial charge in [-0.05, 0) is 31.5 Å². The van der Waals surface area contributed by atoms with E-state index in [0.29, 0.717) is 5.56 Å². The third kappa shape index (κ3) is 3.91. The van der Waals surface area contributed by atoms with Gasteiger partial charge >= 0.3 is 0 Å². The van der Waals surface area contributed by atoms with Gasteiger partial charge in [0, 0.05) is 25.6 Å². The standard InChI is InChI=1S/C13H19ClFNO3S/c1-10(2)16(6-7-19-3)20(17,18)13-5-4-11(9-14)8-12(13)15/h4-5,8,10H,6-7,9H2,1-3H3. The van der Waals surface area contributed by atoms with Gasteiger partial charge in [-0.3, -0.25) is 0 Å². The Kier molecular flexibility index (Phi) is 6.39. The molecule has 1 aromatic carbocycles. The molecule has 0 bridgehead atoms. The molecule has 0 radical (unpaired) electrons.